The molecule has 0 amide bonds. The van der Waals surface area contributed by atoms with E-state index in [2.05, 4.69) is 130 Å². The summed E-state index contributed by atoms with van der Waals surface area (Å²) in [7, 11) is 0. The van der Waals surface area contributed by atoms with Gasteiger partial charge in [-0.3, -0.25) is 14.4 Å². The van der Waals surface area contributed by atoms with Crippen LogP contribution in [0, 0.1) is 0 Å². The van der Waals surface area contributed by atoms with E-state index in [1.165, 1.54) is 167 Å². The Labute approximate surface area is 501 Å². The number of carbonyl (C=O) groups is 3. The van der Waals surface area contributed by atoms with Crippen LogP contribution in [0.25, 0.3) is 0 Å². The quantitative estimate of drug-likeness (QED) is 0.0261. The molecule has 0 fully saturated rings. The Hall–Kier alpha value is -3.93. The van der Waals surface area contributed by atoms with E-state index in [4.69, 9.17) is 14.2 Å². The predicted molar refractivity (Wildman–Crippen MR) is 353 cm³/mol. The minimum Gasteiger partial charge on any atom is -0.462 e. The van der Waals surface area contributed by atoms with Gasteiger partial charge in [-0.15, -0.1) is 0 Å². The third-order valence-corrected chi connectivity index (χ3v) is 14.7. The lowest BCUT2D eigenvalue weighted by Gasteiger charge is -2.18. The van der Waals surface area contributed by atoms with Crippen molar-refractivity contribution in [1.29, 1.82) is 0 Å². The van der Waals surface area contributed by atoms with Gasteiger partial charge in [-0.2, -0.15) is 0 Å². The van der Waals surface area contributed by atoms with Crippen LogP contribution in [0.5, 0.6) is 0 Å². The number of esters is 3. The van der Waals surface area contributed by atoms with Crippen molar-refractivity contribution < 1.29 is 28.6 Å². The normalized spacial score (nSPS) is 12.8. The second-order valence-electron chi connectivity index (χ2n) is 22.7. The average molecular weight is 1130 g/mol. The molecule has 0 N–H and O–H groups in total. The maximum Gasteiger partial charge on any atom is 0.306 e. The predicted octanol–water partition coefficient (Wildman–Crippen LogP) is 23.8. The molecule has 0 rings (SSSR count). The molecule has 0 aliphatic rings. The highest BCUT2D eigenvalue weighted by Crippen LogP contribution is 2.16. The second kappa shape index (κ2) is 68.6. The van der Waals surface area contributed by atoms with Crippen LogP contribution in [-0.4, -0.2) is 37.2 Å². The standard InChI is InChI=1S/C75H128O6/c1-4-7-10-13-16-19-22-25-28-31-34-37-40-43-46-49-52-55-58-61-64-67-73(76)79-70-72(81-75(78)69-66-63-60-57-54-51-48-45-42-39-36-33-30-27-24-21-18-15-12-9-6-3)71-80-74(77)68-65-62-59-56-53-50-47-44-41-38-35-32-29-26-23-20-17-14-11-8-5-2/h7,10,16,19,23-28,32-37,42,45,72H,4-6,8-9,11-15,17-18,20-22,29-31,38-41,43-44,46-71H2,1-3H3/b10-7-,19-16-,26-23-,27-24-,28-25-,35-32-,36-33-,37-34-,45-42-. The third kappa shape index (κ3) is 66.8. The van der Waals surface area contributed by atoms with Gasteiger partial charge >= 0.3 is 17.9 Å². The average Bonchev–Trinajstić information content (AvgIpc) is 3.47. The number of carbonyl (C=O) groups excluding carboxylic acids is 3. The third-order valence-electron chi connectivity index (χ3n) is 14.7. The van der Waals surface area contributed by atoms with E-state index in [1.807, 2.05) is 0 Å². The Morgan fingerprint density at radius 3 is 0.753 bits per heavy atom. The molecule has 464 valence electrons. The van der Waals surface area contributed by atoms with Gasteiger partial charge < -0.3 is 14.2 Å². The summed E-state index contributed by atoms with van der Waals surface area (Å²) in [5, 5.41) is 0. The lowest BCUT2D eigenvalue weighted by atomic mass is 10.1. The number of ether oxygens (including phenoxy) is 3. The van der Waals surface area contributed by atoms with Crippen molar-refractivity contribution in [3.8, 4) is 0 Å². The Kier molecular flexibility index (Phi) is 65.2. The van der Waals surface area contributed by atoms with Gasteiger partial charge in [-0.1, -0.05) is 291 Å². The smallest absolute Gasteiger partial charge is 0.306 e. The number of rotatable bonds is 62. The maximum absolute atomic E-state index is 13.0. The summed E-state index contributed by atoms with van der Waals surface area (Å²) < 4.78 is 17.0. The van der Waals surface area contributed by atoms with Crippen molar-refractivity contribution >= 4 is 17.9 Å². The Balaban J connectivity index is 4.44. The zero-order valence-corrected chi connectivity index (χ0v) is 53.3. The molecule has 0 aromatic carbocycles. The van der Waals surface area contributed by atoms with Gasteiger partial charge in [0, 0.05) is 19.3 Å². The number of hydrogen-bond acceptors (Lipinski definition) is 6. The van der Waals surface area contributed by atoms with E-state index >= 15 is 0 Å². The zero-order valence-electron chi connectivity index (χ0n) is 53.3. The first-order valence-electron chi connectivity index (χ1n) is 34.4. The first-order chi connectivity index (χ1) is 40.0. The van der Waals surface area contributed by atoms with Gasteiger partial charge in [-0.25, -0.2) is 0 Å². The van der Waals surface area contributed by atoms with Gasteiger partial charge in [0.2, 0.25) is 0 Å². The molecule has 0 saturated carbocycles. The van der Waals surface area contributed by atoms with Crippen LogP contribution < -0.4 is 0 Å². The highest BCUT2D eigenvalue weighted by molar-refractivity contribution is 5.71. The van der Waals surface area contributed by atoms with Gasteiger partial charge in [0.05, 0.1) is 0 Å². The summed E-state index contributed by atoms with van der Waals surface area (Å²) in [4.78, 5) is 38.5. The minimum absolute atomic E-state index is 0.0885. The Morgan fingerprint density at radius 2 is 0.481 bits per heavy atom. The summed E-state index contributed by atoms with van der Waals surface area (Å²) in [6.07, 6.45) is 93.8. The first kappa shape index (κ1) is 77.1. The van der Waals surface area contributed by atoms with E-state index in [9.17, 15) is 14.4 Å². The van der Waals surface area contributed by atoms with E-state index < -0.39 is 6.10 Å². The van der Waals surface area contributed by atoms with Crippen LogP contribution in [0.2, 0.25) is 0 Å². The molecule has 0 aromatic rings. The minimum atomic E-state index is -0.795. The van der Waals surface area contributed by atoms with Crippen LogP contribution in [0.1, 0.15) is 329 Å². The van der Waals surface area contributed by atoms with Crippen LogP contribution in [0.15, 0.2) is 109 Å². The lowest BCUT2D eigenvalue weighted by molar-refractivity contribution is -0.167. The highest BCUT2D eigenvalue weighted by Gasteiger charge is 2.19. The van der Waals surface area contributed by atoms with Crippen molar-refractivity contribution in [2.75, 3.05) is 13.2 Å². The summed E-state index contributed by atoms with van der Waals surface area (Å²) in [6, 6.07) is 0. The van der Waals surface area contributed by atoms with Crippen molar-refractivity contribution in [3.05, 3.63) is 109 Å². The Morgan fingerprint density at radius 1 is 0.259 bits per heavy atom. The molecule has 0 aliphatic heterocycles. The Bertz CT molecular complexity index is 1620. The van der Waals surface area contributed by atoms with Crippen LogP contribution >= 0.6 is 0 Å². The summed E-state index contributed by atoms with van der Waals surface area (Å²) >= 11 is 0. The molecular formula is C75H128O6. The van der Waals surface area contributed by atoms with Crippen LogP contribution in [0.4, 0.5) is 0 Å². The van der Waals surface area contributed by atoms with Crippen molar-refractivity contribution in [1.82, 2.24) is 0 Å². The molecule has 0 radical (unpaired) electrons. The van der Waals surface area contributed by atoms with Crippen LogP contribution in [-0.2, 0) is 28.6 Å². The summed E-state index contributed by atoms with van der Waals surface area (Å²) in [6.45, 7) is 6.52. The fourth-order valence-corrected chi connectivity index (χ4v) is 9.59. The topological polar surface area (TPSA) is 78.9 Å². The molecular weight excluding hydrogens is 997 g/mol. The largest absolute Gasteiger partial charge is 0.462 e. The SMILES string of the molecule is CC/C=C\C/C=C\C/C=C\C/C=C\CCCCCCCCCCC(=O)OCC(COC(=O)CCCCCCCCCCC/C=C\C/C=C\CCCCCCC)OC(=O)CCCCCCCC/C=C\C/C=C\C/C=C\CCCCCCC. The number of hydrogen-bond donors (Lipinski definition) is 0. The molecule has 81 heavy (non-hydrogen) atoms. The summed E-state index contributed by atoms with van der Waals surface area (Å²) in [5.41, 5.74) is 0. The fourth-order valence-electron chi connectivity index (χ4n) is 9.59. The van der Waals surface area contributed by atoms with Crippen LogP contribution in [0.3, 0.4) is 0 Å². The molecule has 0 heterocycles. The highest BCUT2D eigenvalue weighted by atomic mass is 16.6. The molecule has 0 bridgehead atoms. The monoisotopic (exact) mass is 1120 g/mol. The molecule has 6 nitrogen and oxygen atoms in total. The molecule has 1 unspecified atom stereocenters. The van der Waals surface area contributed by atoms with Gasteiger partial charge in [-0.05, 0) is 128 Å². The first-order valence-corrected chi connectivity index (χ1v) is 34.4. The fraction of sp³-hybridized carbons (Fsp3) is 0.720. The van der Waals surface area contributed by atoms with Gasteiger partial charge in [0.25, 0.3) is 0 Å². The van der Waals surface area contributed by atoms with E-state index in [-0.39, 0.29) is 31.1 Å². The molecule has 1 atom stereocenters. The van der Waals surface area contributed by atoms with Crippen molar-refractivity contribution in [3.63, 3.8) is 0 Å². The number of unbranched alkanes of at least 4 members (excludes halogenated alkanes) is 33. The number of allylic oxidation sites excluding steroid dienone is 18. The van der Waals surface area contributed by atoms with Gasteiger partial charge in [0.15, 0.2) is 6.10 Å². The zero-order chi connectivity index (χ0) is 58.5. The van der Waals surface area contributed by atoms with E-state index in [1.54, 1.807) is 0 Å². The molecule has 0 aliphatic carbocycles. The van der Waals surface area contributed by atoms with Gasteiger partial charge in [0.1, 0.15) is 13.2 Å². The molecule has 6 heteroatoms. The van der Waals surface area contributed by atoms with Crippen molar-refractivity contribution in [2.45, 2.75) is 335 Å². The van der Waals surface area contributed by atoms with Crippen molar-refractivity contribution in [2.24, 2.45) is 0 Å². The van der Waals surface area contributed by atoms with E-state index in [0.717, 1.165) is 122 Å². The lowest BCUT2D eigenvalue weighted by Crippen LogP contribution is -2.30. The summed E-state index contributed by atoms with van der Waals surface area (Å²) in [5.74, 6) is -0.902. The molecule has 0 aromatic heterocycles. The second-order valence-corrected chi connectivity index (χ2v) is 22.7. The maximum atomic E-state index is 13.0. The molecule has 0 spiro atoms. The van der Waals surface area contributed by atoms with E-state index in [0.29, 0.717) is 19.3 Å². The molecule has 0 saturated heterocycles.